The summed E-state index contributed by atoms with van der Waals surface area (Å²) in [6.45, 7) is 14.0. The van der Waals surface area contributed by atoms with Crippen LogP contribution in [0.3, 0.4) is 0 Å². The van der Waals surface area contributed by atoms with Gasteiger partial charge in [0, 0.05) is 38.2 Å². The quantitative estimate of drug-likeness (QED) is 0.352. The molecule has 0 bridgehead atoms. The van der Waals surface area contributed by atoms with E-state index >= 15 is 0 Å². The molecule has 1 fully saturated rings. The maximum atomic E-state index is 13.6. The summed E-state index contributed by atoms with van der Waals surface area (Å²) in [4.78, 5) is 32.7. The average Bonchev–Trinajstić information content (AvgIpc) is 3.35. The summed E-state index contributed by atoms with van der Waals surface area (Å²) < 4.78 is 10.8. The van der Waals surface area contributed by atoms with Gasteiger partial charge >= 0.3 is 11.9 Å². The lowest BCUT2D eigenvalue weighted by Crippen LogP contribution is -2.56. The van der Waals surface area contributed by atoms with E-state index in [0.717, 1.165) is 62.5 Å². The predicted molar refractivity (Wildman–Crippen MR) is 128 cm³/mol. The van der Waals surface area contributed by atoms with Gasteiger partial charge in [-0.1, -0.05) is 31.1 Å². The van der Waals surface area contributed by atoms with E-state index in [1.165, 1.54) is 19.7 Å². The minimum atomic E-state index is -1.03. The van der Waals surface area contributed by atoms with Crippen LogP contribution in [-0.2, 0) is 19.1 Å². The van der Waals surface area contributed by atoms with E-state index in [0.29, 0.717) is 5.57 Å². The van der Waals surface area contributed by atoms with Crippen molar-refractivity contribution in [2.45, 2.75) is 65.5 Å². The van der Waals surface area contributed by atoms with Crippen LogP contribution in [0.1, 0.15) is 60.3 Å². The topological polar surface area (TPSA) is 59.1 Å². The minimum Gasteiger partial charge on any atom is -0.468 e. The van der Waals surface area contributed by atoms with Crippen molar-refractivity contribution in [3.8, 4) is 0 Å². The number of esters is 2. The summed E-state index contributed by atoms with van der Waals surface area (Å²) in [7, 11) is 1.85. The molecule has 0 N–H and O–H groups in total. The molecule has 0 aromatic heterocycles. The Morgan fingerprint density at radius 2 is 1.52 bits per heavy atom. The van der Waals surface area contributed by atoms with E-state index in [1.807, 2.05) is 0 Å². The molecule has 0 saturated heterocycles. The lowest BCUT2D eigenvalue weighted by molar-refractivity contribution is -0.145. The molecule has 174 valence electrons. The van der Waals surface area contributed by atoms with Crippen LogP contribution in [0, 0.1) is 5.41 Å². The Morgan fingerprint density at radius 1 is 0.968 bits per heavy atom. The number of ether oxygens (including phenoxy) is 2. The van der Waals surface area contributed by atoms with Gasteiger partial charge in [-0.15, -0.1) is 0 Å². The van der Waals surface area contributed by atoms with Gasteiger partial charge in [0.15, 0.2) is 5.16 Å². The predicted octanol–water partition coefficient (Wildman–Crippen LogP) is 4.92. The molecule has 2 atom stereocenters. The summed E-state index contributed by atoms with van der Waals surface area (Å²) >= 11 is 1.78. The van der Waals surface area contributed by atoms with Gasteiger partial charge in [-0.25, -0.2) is 4.79 Å². The second-order valence-corrected chi connectivity index (χ2v) is 12.5. The Balaban J connectivity index is 2.33. The first-order valence-corrected chi connectivity index (χ1v) is 14.2. The maximum Gasteiger partial charge on any atom is 0.336 e. The summed E-state index contributed by atoms with van der Waals surface area (Å²) in [5, 5.41) is -1.03. The van der Waals surface area contributed by atoms with Crippen molar-refractivity contribution in [3.63, 3.8) is 0 Å². The molecule has 6 nitrogen and oxygen atoms in total. The molecular weight excluding hydrogens is 431 g/mol. The molecule has 0 amide bonds. The van der Waals surface area contributed by atoms with E-state index in [-0.39, 0.29) is 17.4 Å². The lowest BCUT2D eigenvalue weighted by Gasteiger charge is -2.53. The van der Waals surface area contributed by atoms with Gasteiger partial charge in [0.25, 0.3) is 0 Å². The van der Waals surface area contributed by atoms with Crippen molar-refractivity contribution in [3.05, 3.63) is 21.6 Å². The van der Waals surface area contributed by atoms with Crippen LogP contribution >= 0.6 is 18.5 Å². The Morgan fingerprint density at radius 3 is 1.97 bits per heavy atom. The van der Waals surface area contributed by atoms with Gasteiger partial charge < -0.3 is 19.3 Å². The van der Waals surface area contributed by atoms with Crippen LogP contribution in [0.4, 0.5) is 0 Å². The molecule has 0 aromatic carbocycles. The first kappa shape index (κ1) is 24.4. The summed E-state index contributed by atoms with van der Waals surface area (Å²) in [6.07, 6.45) is 4.38. The molecule has 2 heterocycles. The second-order valence-electron chi connectivity index (χ2n) is 8.57. The number of methoxy groups -OCH3 is 2. The van der Waals surface area contributed by atoms with Crippen molar-refractivity contribution in [2.75, 3.05) is 40.4 Å². The largest absolute Gasteiger partial charge is 0.468 e. The average molecular weight is 469 g/mol. The Bertz CT molecular complexity index is 797. The third-order valence-electron chi connectivity index (χ3n) is 7.09. The van der Waals surface area contributed by atoms with Crippen molar-refractivity contribution in [1.82, 2.24) is 9.80 Å². The number of carbonyl (C=O) groups excluding carboxylic acids is 2. The Kier molecular flexibility index (Phi) is 7.37. The fourth-order valence-corrected chi connectivity index (χ4v) is 12.4. The van der Waals surface area contributed by atoms with Gasteiger partial charge in [-0.3, -0.25) is 4.79 Å². The number of rotatable bonds is 9. The summed E-state index contributed by atoms with van der Waals surface area (Å²) in [6, 6.07) is 0. The Labute approximate surface area is 192 Å². The molecule has 1 saturated carbocycles. The molecule has 1 aliphatic carbocycles. The molecule has 3 aliphatic rings. The van der Waals surface area contributed by atoms with Crippen molar-refractivity contribution < 1.29 is 19.1 Å². The number of hydrogen-bond donors (Lipinski definition) is 0. The van der Waals surface area contributed by atoms with E-state index in [1.54, 1.807) is 11.4 Å². The second kappa shape index (κ2) is 9.35. The molecule has 3 rings (SSSR count). The zero-order chi connectivity index (χ0) is 23.0. The molecule has 0 spiro atoms. The minimum absolute atomic E-state index is 0.0857. The molecule has 31 heavy (non-hydrogen) atoms. The summed E-state index contributed by atoms with van der Waals surface area (Å²) in [5.74, 6) is -0.699. The fraction of sp³-hybridized carbons (Fsp3) is 0.739. The van der Waals surface area contributed by atoms with Crippen LogP contribution in [0.15, 0.2) is 21.6 Å². The highest BCUT2D eigenvalue weighted by atomic mass is 32.7. The van der Waals surface area contributed by atoms with Gasteiger partial charge in [0.2, 0.25) is 0 Å². The SMILES string of the molecule is CCN(CC)C1=C(N(CC)CC)C2(C(=O)OC)C(C(=O)OC)=C(C3(C)CCCC3)SP12. The summed E-state index contributed by atoms with van der Waals surface area (Å²) in [5.41, 5.74) is 2.67. The first-order chi connectivity index (χ1) is 14.8. The maximum absolute atomic E-state index is 13.6. The number of fused-ring (bicyclic) bond motifs is 1. The van der Waals surface area contributed by atoms with Crippen LogP contribution in [-0.4, -0.2) is 67.3 Å². The standard InChI is InChI=1S/C23H37N2O4PS/c1-8-24(9-2)17-19(25(10-3)11-4)30-23(17,21(27)29-7)16(20(26)28-6)18(31-30)22(5)14-12-13-15-22/h8-15H2,1-7H3. The number of allylic oxidation sites excluding steroid dienone is 1. The first-order valence-electron chi connectivity index (χ1n) is 11.5. The van der Waals surface area contributed by atoms with Gasteiger partial charge in [0.05, 0.1) is 30.9 Å². The fourth-order valence-electron chi connectivity index (χ4n) is 5.37. The molecule has 0 aromatic rings. The zero-order valence-electron chi connectivity index (χ0n) is 20.0. The van der Waals surface area contributed by atoms with Crippen molar-refractivity contribution in [2.24, 2.45) is 5.41 Å². The number of carbonyl (C=O) groups is 2. The lowest BCUT2D eigenvalue weighted by atomic mass is 9.81. The highest BCUT2D eigenvalue weighted by molar-refractivity contribution is 8.60. The normalized spacial score (nSPS) is 26.5. The highest BCUT2D eigenvalue weighted by Crippen LogP contribution is 2.87. The van der Waals surface area contributed by atoms with Crippen LogP contribution < -0.4 is 0 Å². The number of hydrogen-bond acceptors (Lipinski definition) is 7. The van der Waals surface area contributed by atoms with E-state index in [2.05, 4.69) is 44.4 Å². The van der Waals surface area contributed by atoms with Crippen LogP contribution in [0.5, 0.6) is 0 Å². The van der Waals surface area contributed by atoms with Crippen LogP contribution in [0.2, 0.25) is 0 Å². The smallest absolute Gasteiger partial charge is 0.336 e. The van der Waals surface area contributed by atoms with E-state index < -0.39 is 12.3 Å². The number of nitrogens with zero attached hydrogens (tertiary/aromatic N) is 2. The molecule has 2 aliphatic heterocycles. The van der Waals surface area contributed by atoms with Gasteiger partial charge in [-0.2, -0.15) is 0 Å². The van der Waals surface area contributed by atoms with Crippen molar-refractivity contribution >= 4 is 30.4 Å². The molecule has 2 unspecified atom stereocenters. The molecule has 0 radical (unpaired) electrons. The van der Waals surface area contributed by atoms with Gasteiger partial charge in [0.1, 0.15) is 0 Å². The third-order valence-corrected chi connectivity index (χ3v) is 12.7. The van der Waals surface area contributed by atoms with E-state index in [9.17, 15) is 9.59 Å². The highest BCUT2D eigenvalue weighted by Gasteiger charge is 2.72. The van der Waals surface area contributed by atoms with E-state index in [4.69, 9.17) is 9.47 Å². The monoisotopic (exact) mass is 468 g/mol. The van der Waals surface area contributed by atoms with Crippen LogP contribution in [0.25, 0.3) is 0 Å². The zero-order valence-corrected chi connectivity index (χ0v) is 21.8. The molecular formula is C23H37N2O4PS. The van der Waals surface area contributed by atoms with Gasteiger partial charge in [-0.05, 0) is 46.0 Å². The van der Waals surface area contributed by atoms with Crippen molar-refractivity contribution in [1.29, 1.82) is 0 Å². The third kappa shape index (κ3) is 3.42. The molecule has 8 heteroatoms. The Hall–Kier alpha value is -1.20.